The molecule has 0 aliphatic heterocycles. The topological polar surface area (TPSA) is 33.2 Å². The van der Waals surface area contributed by atoms with Gasteiger partial charge >= 0.3 is 0 Å². The fourth-order valence-electron chi connectivity index (χ4n) is 2.01. The Labute approximate surface area is 113 Å². The van der Waals surface area contributed by atoms with Crippen LogP contribution >= 0.6 is 0 Å². The number of pyridine rings is 1. The van der Waals surface area contributed by atoms with Gasteiger partial charge in [-0.3, -0.25) is 9.69 Å². The lowest BCUT2D eigenvalue weighted by Crippen LogP contribution is -2.28. The van der Waals surface area contributed by atoms with Crippen molar-refractivity contribution in [3.8, 4) is 0 Å². The maximum absolute atomic E-state index is 12.2. The highest BCUT2D eigenvalue weighted by Gasteiger charge is 2.13. The number of anilines is 1. The highest BCUT2D eigenvalue weighted by molar-refractivity contribution is 5.93. The predicted molar refractivity (Wildman–Crippen MR) is 77.3 cm³/mol. The second-order valence-electron chi connectivity index (χ2n) is 4.76. The van der Waals surface area contributed by atoms with E-state index in [2.05, 4.69) is 4.98 Å². The Kier molecular flexibility index (Phi) is 3.95. The van der Waals surface area contributed by atoms with Crippen LogP contribution in [0.2, 0.25) is 0 Å². The van der Waals surface area contributed by atoms with Gasteiger partial charge in [-0.2, -0.15) is 0 Å². The summed E-state index contributed by atoms with van der Waals surface area (Å²) < 4.78 is 0. The SMILES string of the molecule is Cc1cc(C)nc(N(C)C(=O)Cc2ccccc2)c1. The van der Waals surface area contributed by atoms with Gasteiger partial charge in [0.15, 0.2) is 0 Å². The first-order valence-electron chi connectivity index (χ1n) is 6.32. The van der Waals surface area contributed by atoms with Crippen LogP contribution in [-0.2, 0) is 11.2 Å². The molecule has 1 aromatic heterocycles. The number of aryl methyl sites for hydroxylation is 2. The van der Waals surface area contributed by atoms with E-state index < -0.39 is 0 Å². The van der Waals surface area contributed by atoms with Gasteiger partial charge in [-0.15, -0.1) is 0 Å². The molecule has 0 radical (unpaired) electrons. The molecule has 1 amide bonds. The molecular formula is C16H18N2O. The normalized spacial score (nSPS) is 10.3. The van der Waals surface area contributed by atoms with Crippen LogP contribution in [0.15, 0.2) is 42.5 Å². The van der Waals surface area contributed by atoms with Gasteiger partial charge in [0.2, 0.25) is 5.91 Å². The first-order valence-corrected chi connectivity index (χ1v) is 6.32. The standard InChI is InChI=1S/C16H18N2O/c1-12-9-13(2)17-15(10-12)18(3)16(19)11-14-7-5-4-6-8-14/h4-10H,11H2,1-3H3. The number of amides is 1. The summed E-state index contributed by atoms with van der Waals surface area (Å²) in [6.45, 7) is 3.94. The third kappa shape index (κ3) is 3.41. The van der Waals surface area contributed by atoms with Gasteiger partial charge in [0.1, 0.15) is 5.82 Å². The second-order valence-corrected chi connectivity index (χ2v) is 4.76. The van der Waals surface area contributed by atoms with Crippen molar-refractivity contribution in [1.82, 2.24) is 4.98 Å². The number of aromatic nitrogens is 1. The summed E-state index contributed by atoms with van der Waals surface area (Å²) in [6.07, 6.45) is 0.395. The smallest absolute Gasteiger partial charge is 0.232 e. The average molecular weight is 254 g/mol. The Morgan fingerprint density at radius 3 is 2.47 bits per heavy atom. The van der Waals surface area contributed by atoms with Crippen molar-refractivity contribution in [3.05, 3.63) is 59.3 Å². The lowest BCUT2D eigenvalue weighted by molar-refractivity contribution is -0.117. The summed E-state index contributed by atoms with van der Waals surface area (Å²) in [5.41, 5.74) is 3.06. The first-order chi connectivity index (χ1) is 9.06. The van der Waals surface area contributed by atoms with Gasteiger partial charge in [-0.25, -0.2) is 4.98 Å². The number of likely N-dealkylation sites (N-methyl/N-ethyl adjacent to an activating group) is 1. The zero-order valence-electron chi connectivity index (χ0n) is 11.6. The van der Waals surface area contributed by atoms with Gasteiger partial charge in [-0.1, -0.05) is 30.3 Å². The van der Waals surface area contributed by atoms with Gasteiger partial charge < -0.3 is 0 Å². The van der Waals surface area contributed by atoms with Gasteiger partial charge in [0.25, 0.3) is 0 Å². The van der Waals surface area contributed by atoms with Crippen LogP contribution < -0.4 is 4.90 Å². The van der Waals surface area contributed by atoms with Crippen LogP contribution in [-0.4, -0.2) is 17.9 Å². The molecule has 2 rings (SSSR count). The molecule has 0 aliphatic rings. The molecule has 19 heavy (non-hydrogen) atoms. The van der Waals surface area contributed by atoms with E-state index in [9.17, 15) is 4.79 Å². The van der Waals surface area contributed by atoms with Crippen molar-refractivity contribution in [2.75, 3.05) is 11.9 Å². The molecule has 2 aromatic rings. The molecule has 0 unspecified atom stereocenters. The first kappa shape index (κ1) is 13.3. The van der Waals surface area contributed by atoms with E-state index in [1.807, 2.05) is 56.3 Å². The van der Waals surface area contributed by atoms with E-state index in [4.69, 9.17) is 0 Å². The maximum Gasteiger partial charge on any atom is 0.232 e. The van der Waals surface area contributed by atoms with Crippen LogP contribution in [0.1, 0.15) is 16.8 Å². The molecule has 0 aliphatic carbocycles. The molecule has 0 spiro atoms. The minimum atomic E-state index is 0.0451. The Morgan fingerprint density at radius 1 is 1.16 bits per heavy atom. The highest BCUT2D eigenvalue weighted by Crippen LogP contribution is 2.14. The van der Waals surface area contributed by atoms with Crippen LogP contribution in [0, 0.1) is 13.8 Å². The Morgan fingerprint density at radius 2 is 1.84 bits per heavy atom. The summed E-state index contributed by atoms with van der Waals surface area (Å²) in [4.78, 5) is 18.2. The Hall–Kier alpha value is -2.16. The number of rotatable bonds is 3. The van der Waals surface area contributed by atoms with E-state index in [-0.39, 0.29) is 5.91 Å². The molecular weight excluding hydrogens is 236 g/mol. The minimum absolute atomic E-state index is 0.0451. The third-order valence-electron chi connectivity index (χ3n) is 3.00. The number of hydrogen-bond donors (Lipinski definition) is 0. The third-order valence-corrected chi connectivity index (χ3v) is 3.00. The summed E-state index contributed by atoms with van der Waals surface area (Å²) in [7, 11) is 1.77. The zero-order chi connectivity index (χ0) is 13.8. The Bertz CT molecular complexity index is 558. The minimum Gasteiger partial charge on any atom is -0.300 e. The molecule has 0 N–H and O–H groups in total. The molecule has 3 nitrogen and oxygen atoms in total. The van der Waals surface area contributed by atoms with Crippen molar-refractivity contribution in [2.24, 2.45) is 0 Å². The molecule has 0 saturated heterocycles. The van der Waals surface area contributed by atoms with E-state index in [0.717, 1.165) is 16.8 Å². The van der Waals surface area contributed by atoms with Gasteiger partial charge in [0.05, 0.1) is 6.42 Å². The van der Waals surface area contributed by atoms with E-state index in [1.54, 1.807) is 11.9 Å². The van der Waals surface area contributed by atoms with Crippen molar-refractivity contribution in [3.63, 3.8) is 0 Å². The number of carbonyl (C=O) groups excluding carboxylic acids is 1. The summed E-state index contributed by atoms with van der Waals surface area (Å²) in [5.74, 6) is 0.752. The van der Waals surface area contributed by atoms with E-state index in [1.165, 1.54) is 0 Å². The van der Waals surface area contributed by atoms with Crippen LogP contribution in [0.4, 0.5) is 5.82 Å². The van der Waals surface area contributed by atoms with Crippen molar-refractivity contribution in [2.45, 2.75) is 20.3 Å². The maximum atomic E-state index is 12.2. The van der Waals surface area contributed by atoms with Crippen molar-refractivity contribution >= 4 is 11.7 Å². The molecule has 0 bridgehead atoms. The largest absolute Gasteiger partial charge is 0.300 e. The summed E-state index contributed by atoms with van der Waals surface area (Å²) in [6, 6.07) is 13.7. The van der Waals surface area contributed by atoms with Gasteiger partial charge in [-0.05, 0) is 37.1 Å². The van der Waals surface area contributed by atoms with Crippen LogP contribution in [0.25, 0.3) is 0 Å². The fourth-order valence-corrected chi connectivity index (χ4v) is 2.01. The number of benzene rings is 1. The molecule has 0 atom stereocenters. The van der Waals surface area contributed by atoms with Gasteiger partial charge in [0, 0.05) is 12.7 Å². The van der Waals surface area contributed by atoms with Crippen LogP contribution in [0.3, 0.4) is 0 Å². The fraction of sp³-hybridized carbons (Fsp3) is 0.250. The summed E-state index contributed by atoms with van der Waals surface area (Å²) >= 11 is 0. The molecule has 1 aromatic carbocycles. The Balaban J connectivity index is 2.15. The zero-order valence-corrected chi connectivity index (χ0v) is 11.6. The lowest BCUT2D eigenvalue weighted by atomic mass is 10.1. The lowest BCUT2D eigenvalue weighted by Gasteiger charge is -2.17. The quantitative estimate of drug-likeness (QED) is 0.843. The molecule has 0 saturated carbocycles. The molecule has 0 fully saturated rings. The molecule has 98 valence electrons. The van der Waals surface area contributed by atoms with E-state index >= 15 is 0 Å². The summed E-state index contributed by atoms with van der Waals surface area (Å²) in [5, 5.41) is 0. The number of nitrogens with zero attached hydrogens (tertiary/aromatic N) is 2. The number of carbonyl (C=O) groups is 1. The number of hydrogen-bond acceptors (Lipinski definition) is 2. The average Bonchev–Trinajstić information content (AvgIpc) is 2.37. The second kappa shape index (κ2) is 5.65. The van der Waals surface area contributed by atoms with E-state index in [0.29, 0.717) is 12.2 Å². The highest BCUT2D eigenvalue weighted by atomic mass is 16.2. The molecule has 3 heteroatoms. The van der Waals surface area contributed by atoms with Crippen molar-refractivity contribution < 1.29 is 4.79 Å². The monoisotopic (exact) mass is 254 g/mol. The molecule has 1 heterocycles. The van der Waals surface area contributed by atoms with Crippen molar-refractivity contribution in [1.29, 1.82) is 0 Å². The van der Waals surface area contributed by atoms with Crippen LogP contribution in [0.5, 0.6) is 0 Å². The predicted octanol–water partition coefficient (Wildman–Crippen LogP) is 2.90.